The third kappa shape index (κ3) is 4.15. The second-order valence-electron chi connectivity index (χ2n) is 6.84. The third-order valence-corrected chi connectivity index (χ3v) is 5.61. The molecule has 0 N–H and O–H groups in total. The maximum Gasteiger partial charge on any atom is 0.283 e. The van der Waals surface area contributed by atoms with Crippen LogP contribution < -0.4 is 9.54 Å². The van der Waals surface area contributed by atoms with Gasteiger partial charge in [0, 0.05) is 6.54 Å². The molecule has 0 radical (unpaired) electrons. The molecule has 146 valence electrons. The van der Waals surface area contributed by atoms with Gasteiger partial charge in [0.25, 0.3) is 5.91 Å². The predicted molar refractivity (Wildman–Crippen MR) is 118 cm³/mol. The summed E-state index contributed by atoms with van der Waals surface area (Å²) in [5, 5.41) is 0. The van der Waals surface area contributed by atoms with E-state index in [-0.39, 0.29) is 5.91 Å². The van der Waals surface area contributed by atoms with Crippen LogP contribution in [-0.2, 0) is 6.54 Å². The highest BCUT2D eigenvalue weighted by Gasteiger charge is 2.14. The monoisotopic (exact) mass is 402 g/mol. The molecule has 0 saturated heterocycles. The molecule has 0 bridgehead atoms. The van der Waals surface area contributed by atoms with Crippen LogP contribution in [0.2, 0.25) is 0 Å². The van der Waals surface area contributed by atoms with E-state index in [1.54, 1.807) is 23.5 Å². The number of amides is 1. The molecule has 0 fully saturated rings. The lowest BCUT2D eigenvalue weighted by molar-refractivity contribution is 0.0995. The Balaban J connectivity index is 1.76. The third-order valence-electron chi connectivity index (χ3n) is 4.57. The topological polar surface area (TPSA) is 43.6 Å². The Morgan fingerprint density at radius 1 is 1.03 bits per heavy atom. The number of carbonyl (C=O) groups is 1. The average Bonchev–Trinajstić information content (AvgIpc) is 3.05. The van der Waals surface area contributed by atoms with Crippen molar-refractivity contribution in [3.05, 3.63) is 88.7 Å². The molecule has 5 heteroatoms. The Morgan fingerprint density at radius 2 is 1.79 bits per heavy atom. The fraction of sp³-hybridized carbons (Fsp3) is 0.167. The number of hydrogen-bond acceptors (Lipinski definition) is 3. The molecule has 0 aliphatic carbocycles. The average molecular weight is 403 g/mol. The second-order valence-corrected chi connectivity index (χ2v) is 7.84. The molecule has 29 heavy (non-hydrogen) atoms. The van der Waals surface area contributed by atoms with Crippen molar-refractivity contribution < 1.29 is 9.53 Å². The highest BCUT2D eigenvalue weighted by molar-refractivity contribution is 7.16. The van der Waals surface area contributed by atoms with Crippen LogP contribution in [0.5, 0.6) is 11.5 Å². The van der Waals surface area contributed by atoms with E-state index in [2.05, 4.69) is 41.6 Å². The molecular formula is C24H22N2O2S. The molecule has 0 aliphatic rings. The molecule has 0 aliphatic heterocycles. The second kappa shape index (κ2) is 8.45. The van der Waals surface area contributed by atoms with Gasteiger partial charge in [-0.25, -0.2) is 0 Å². The molecule has 4 nitrogen and oxygen atoms in total. The number of aryl methyl sites for hydroxylation is 2. The smallest absolute Gasteiger partial charge is 0.283 e. The summed E-state index contributed by atoms with van der Waals surface area (Å²) in [7, 11) is 0. The first-order valence-corrected chi connectivity index (χ1v) is 10.5. The van der Waals surface area contributed by atoms with Gasteiger partial charge in [0.1, 0.15) is 11.5 Å². The van der Waals surface area contributed by atoms with Crippen molar-refractivity contribution in [3.63, 3.8) is 0 Å². The lowest BCUT2D eigenvalue weighted by Gasteiger charge is -2.08. The quantitative estimate of drug-likeness (QED) is 0.414. The zero-order valence-corrected chi connectivity index (χ0v) is 17.3. The van der Waals surface area contributed by atoms with Crippen molar-refractivity contribution in [2.45, 2.75) is 26.8 Å². The highest BCUT2D eigenvalue weighted by Crippen LogP contribution is 2.26. The largest absolute Gasteiger partial charge is 0.457 e. The maximum atomic E-state index is 13.1. The minimum atomic E-state index is -0.301. The normalized spacial score (nSPS) is 11.7. The Bertz CT molecular complexity index is 1220. The van der Waals surface area contributed by atoms with Gasteiger partial charge in [0.15, 0.2) is 4.80 Å². The van der Waals surface area contributed by atoms with Crippen LogP contribution in [0.1, 0.15) is 29.3 Å². The Labute approximate surface area is 173 Å². The van der Waals surface area contributed by atoms with E-state index in [0.29, 0.717) is 21.9 Å². The molecule has 1 amide bonds. The molecule has 4 rings (SSSR count). The summed E-state index contributed by atoms with van der Waals surface area (Å²) in [5.41, 5.74) is 2.76. The van der Waals surface area contributed by atoms with Gasteiger partial charge in [0.05, 0.1) is 15.8 Å². The molecule has 3 aromatic carbocycles. The molecular weight excluding hydrogens is 380 g/mol. The minimum Gasteiger partial charge on any atom is -0.457 e. The number of nitrogens with zero attached hydrogens (tertiary/aromatic N) is 2. The number of aromatic nitrogens is 1. The highest BCUT2D eigenvalue weighted by atomic mass is 32.1. The van der Waals surface area contributed by atoms with Crippen LogP contribution in [0.4, 0.5) is 0 Å². The Kier molecular flexibility index (Phi) is 5.58. The lowest BCUT2D eigenvalue weighted by atomic mass is 10.2. The van der Waals surface area contributed by atoms with E-state index in [1.807, 2.05) is 42.5 Å². The van der Waals surface area contributed by atoms with Crippen LogP contribution in [0.25, 0.3) is 10.2 Å². The number of carbonyl (C=O) groups excluding carboxylic acids is 1. The van der Waals surface area contributed by atoms with E-state index in [9.17, 15) is 4.79 Å². The molecule has 0 spiro atoms. The van der Waals surface area contributed by atoms with Crippen LogP contribution >= 0.6 is 11.3 Å². The van der Waals surface area contributed by atoms with Crippen LogP contribution in [0.15, 0.2) is 77.8 Å². The summed E-state index contributed by atoms with van der Waals surface area (Å²) in [6.45, 7) is 5.01. The van der Waals surface area contributed by atoms with Gasteiger partial charge in [-0.15, -0.1) is 0 Å². The van der Waals surface area contributed by atoms with Crippen LogP contribution in [-0.4, -0.2) is 10.5 Å². The van der Waals surface area contributed by atoms with Crippen molar-refractivity contribution in [1.29, 1.82) is 0 Å². The summed E-state index contributed by atoms with van der Waals surface area (Å²) < 4.78 is 9.20. The van der Waals surface area contributed by atoms with Gasteiger partial charge in [-0.3, -0.25) is 4.79 Å². The van der Waals surface area contributed by atoms with E-state index in [1.165, 1.54) is 5.56 Å². The van der Waals surface area contributed by atoms with Crippen LogP contribution in [0.3, 0.4) is 0 Å². The number of rotatable bonds is 5. The fourth-order valence-electron chi connectivity index (χ4n) is 3.20. The predicted octanol–water partition coefficient (Wildman–Crippen LogP) is 5.95. The van der Waals surface area contributed by atoms with Crippen molar-refractivity contribution in [3.8, 4) is 11.5 Å². The summed E-state index contributed by atoms with van der Waals surface area (Å²) in [6.07, 6.45) is 0.967. The molecule has 0 atom stereocenters. The van der Waals surface area contributed by atoms with Gasteiger partial charge < -0.3 is 9.30 Å². The molecule has 4 aromatic rings. The summed E-state index contributed by atoms with van der Waals surface area (Å²) in [6, 6.07) is 23.0. The molecule has 1 aromatic heterocycles. The molecule has 0 unspecified atom stereocenters. The number of benzene rings is 3. The summed E-state index contributed by atoms with van der Waals surface area (Å²) in [4.78, 5) is 18.3. The first-order valence-electron chi connectivity index (χ1n) is 9.66. The SMILES string of the molecule is CCCn1c(=NC(=O)c2ccccc2Oc2ccccc2)sc2cc(C)ccc21. The number of para-hydroxylation sites is 2. The first kappa shape index (κ1) is 19.2. The molecule has 0 saturated carbocycles. The van der Waals surface area contributed by atoms with E-state index in [0.717, 1.165) is 23.2 Å². The Morgan fingerprint density at radius 3 is 2.59 bits per heavy atom. The molecule has 1 heterocycles. The minimum absolute atomic E-state index is 0.301. The standard InChI is InChI=1S/C24H22N2O2S/c1-3-15-26-20-14-13-17(2)16-22(20)29-24(26)25-23(27)19-11-7-8-12-21(19)28-18-9-5-4-6-10-18/h4-14,16H,3,15H2,1-2H3. The summed E-state index contributed by atoms with van der Waals surface area (Å²) >= 11 is 1.55. The van der Waals surface area contributed by atoms with E-state index >= 15 is 0 Å². The zero-order chi connectivity index (χ0) is 20.2. The lowest BCUT2D eigenvalue weighted by Crippen LogP contribution is -2.17. The first-order chi connectivity index (χ1) is 14.2. The number of ether oxygens (including phenoxy) is 1. The number of hydrogen-bond donors (Lipinski definition) is 0. The van der Waals surface area contributed by atoms with Crippen molar-refractivity contribution in [1.82, 2.24) is 4.57 Å². The zero-order valence-electron chi connectivity index (χ0n) is 16.5. The maximum absolute atomic E-state index is 13.1. The van der Waals surface area contributed by atoms with Gasteiger partial charge in [0.2, 0.25) is 0 Å². The summed E-state index contributed by atoms with van der Waals surface area (Å²) in [5.74, 6) is 0.891. The van der Waals surface area contributed by atoms with E-state index in [4.69, 9.17) is 4.74 Å². The van der Waals surface area contributed by atoms with Crippen LogP contribution in [0, 0.1) is 6.92 Å². The van der Waals surface area contributed by atoms with Gasteiger partial charge in [-0.2, -0.15) is 4.99 Å². The van der Waals surface area contributed by atoms with Gasteiger partial charge in [-0.1, -0.05) is 54.7 Å². The Hall–Kier alpha value is -3.18. The van der Waals surface area contributed by atoms with Crippen molar-refractivity contribution in [2.24, 2.45) is 4.99 Å². The van der Waals surface area contributed by atoms with Crippen molar-refractivity contribution >= 4 is 27.5 Å². The van der Waals surface area contributed by atoms with E-state index < -0.39 is 0 Å². The fourth-order valence-corrected chi connectivity index (χ4v) is 4.35. The van der Waals surface area contributed by atoms with Crippen molar-refractivity contribution in [2.75, 3.05) is 0 Å². The van der Waals surface area contributed by atoms with Gasteiger partial charge >= 0.3 is 0 Å². The number of thiazole rings is 1. The van der Waals surface area contributed by atoms with Gasteiger partial charge in [-0.05, 0) is 55.3 Å². The number of fused-ring (bicyclic) bond motifs is 1.